The van der Waals surface area contributed by atoms with Crippen LogP contribution in [0.3, 0.4) is 0 Å². The van der Waals surface area contributed by atoms with Crippen molar-refractivity contribution in [3.63, 3.8) is 0 Å². The molecule has 1 aromatic rings. The molecule has 0 spiro atoms. The number of nitrogens with zero attached hydrogens (tertiary/aromatic N) is 1. The summed E-state index contributed by atoms with van der Waals surface area (Å²) in [5.41, 5.74) is 0. The molecule has 1 aliphatic rings. The zero-order valence-electron chi connectivity index (χ0n) is 10.6. The third kappa shape index (κ3) is 2.43. The maximum absolute atomic E-state index is 12.5. The number of hydrogen-bond donors (Lipinski definition) is 1. The number of ether oxygens (including phenoxy) is 1. The molecule has 110 valence electrons. The molecule has 1 aliphatic heterocycles. The van der Waals surface area contributed by atoms with Crippen LogP contribution >= 0.6 is 11.3 Å². The van der Waals surface area contributed by atoms with Crippen molar-refractivity contribution >= 4 is 33.3 Å². The van der Waals surface area contributed by atoms with E-state index in [1.807, 2.05) is 0 Å². The van der Waals surface area contributed by atoms with Gasteiger partial charge in [-0.1, -0.05) is 0 Å². The Morgan fingerprint density at radius 3 is 2.80 bits per heavy atom. The lowest BCUT2D eigenvalue weighted by Gasteiger charge is -2.20. The highest BCUT2D eigenvalue weighted by molar-refractivity contribution is 7.89. The van der Waals surface area contributed by atoms with Crippen LogP contribution in [0, 0.1) is 0 Å². The van der Waals surface area contributed by atoms with Crippen molar-refractivity contribution in [1.82, 2.24) is 4.31 Å². The van der Waals surface area contributed by atoms with Gasteiger partial charge in [0.2, 0.25) is 10.0 Å². The molecule has 1 saturated heterocycles. The van der Waals surface area contributed by atoms with E-state index in [0.29, 0.717) is 6.42 Å². The first kappa shape index (κ1) is 14.9. The summed E-state index contributed by atoms with van der Waals surface area (Å²) in [4.78, 5) is 22.4. The summed E-state index contributed by atoms with van der Waals surface area (Å²) in [6, 6.07) is 0.217. The average Bonchev–Trinajstić information content (AvgIpc) is 3.06. The summed E-state index contributed by atoms with van der Waals surface area (Å²) in [5, 5.41) is 10.5. The van der Waals surface area contributed by atoms with E-state index in [1.54, 1.807) is 0 Å². The lowest BCUT2D eigenvalue weighted by atomic mass is 10.2. The van der Waals surface area contributed by atoms with Crippen LogP contribution in [0.15, 0.2) is 16.3 Å². The van der Waals surface area contributed by atoms with Crippen LogP contribution in [-0.4, -0.2) is 49.5 Å². The fourth-order valence-corrected chi connectivity index (χ4v) is 5.10. The van der Waals surface area contributed by atoms with Crippen molar-refractivity contribution in [3.05, 3.63) is 16.3 Å². The second-order valence-corrected chi connectivity index (χ2v) is 6.99. The van der Waals surface area contributed by atoms with Gasteiger partial charge in [-0.05, 0) is 24.3 Å². The summed E-state index contributed by atoms with van der Waals surface area (Å²) in [7, 11) is -2.85. The Balaban J connectivity index is 2.43. The number of carbonyl (C=O) groups is 2. The molecule has 0 saturated carbocycles. The molecule has 1 atom stereocenters. The molecule has 0 bridgehead atoms. The first-order valence-corrected chi connectivity index (χ1v) is 8.12. The highest BCUT2D eigenvalue weighted by atomic mass is 32.2. The van der Waals surface area contributed by atoms with Crippen LogP contribution in [-0.2, 0) is 19.6 Å². The van der Waals surface area contributed by atoms with Crippen LogP contribution in [0.4, 0.5) is 0 Å². The number of thiophene rings is 1. The lowest BCUT2D eigenvalue weighted by Crippen LogP contribution is -2.40. The SMILES string of the molecule is COC(=O)c1sccc1S(=O)(=O)N1CCC[C@@H]1C(=O)O. The van der Waals surface area contributed by atoms with Gasteiger partial charge >= 0.3 is 11.9 Å². The molecular weight excluding hydrogens is 306 g/mol. The zero-order chi connectivity index (χ0) is 14.9. The number of carbonyl (C=O) groups excluding carboxylic acids is 1. The fraction of sp³-hybridized carbons (Fsp3) is 0.455. The number of carboxylic acid groups (broad SMARTS) is 1. The summed E-state index contributed by atoms with van der Waals surface area (Å²) in [6.45, 7) is 0.135. The van der Waals surface area contributed by atoms with E-state index in [-0.39, 0.29) is 22.7 Å². The van der Waals surface area contributed by atoms with Gasteiger partial charge in [0, 0.05) is 6.54 Å². The van der Waals surface area contributed by atoms with E-state index in [1.165, 1.54) is 11.4 Å². The van der Waals surface area contributed by atoms with Crippen LogP contribution < -0.4 is 0 Å². The second kappa shape index (κ2) is 5.51. The van der Waals surface area contributed by atoms with Crippen molar-refractivity contribution in [2.45, 2.75) is 23.8 Å². The van der Waals surface area contributed by atoms with Crippen molar-refractivity contribution in [1.29, 1.82) is 0 Å². The van der Waals surface area contributed by atoms with Crippen molar-refractivity contribution in [2.75, 3.05) is 13.7 Å². The third-order valence-electron chi connectivity index (χ3n) is 3.08. The molecule has 0 unspecified atom stereocenters. The monoisotopic (exact) mass is 319 g/mol. The number of esters is 1. The molecule has 0 aromatic carbocycles. The van der Waals surface area contributed by atoms with Gasteiger partial charge in [0.25, 0.3) is 0 Å². The van der Waals surface area contributed by atoms with Crippen LogP contribution in [0.25, 0.3) is 0 Å². The highest BCUT2D eigenvalue weighted by Gasteiger charge is 2.41. The van der Waals surface area contributed by atoms with Gasteiger partial charge in [0.1, 0.15) is 15.8 Å². The predicted molar refractivity (Wildman–Crippen MR) is 70.2 cm³/mol. The molecule has 2 rings (SSSR count). The first-order chi connectivity index (χ1) is 9.39. The zero-order valence-corrected chi connectivity index (χ0v) is 12.2. The Kier molecular flexibility index (Phi) is 4.11. The van der Waals surface area contributed by atoms with E-state index in [0.717, 1.165) is 22.8 Å². The molecule has 1 fully saturated rings. The van der Waals surface area contributed by atoms with Crippen LogP contribution in [0.1, 0.15) is 22.5 Å². The quantitative estimate of drug-likeness (QED) is 0.823. The molecular formula is C11H13NO6S2. The molecule has 20 heavy (non-hydrogen) atoms. The summed E-state index contributed by atoms with van der Waals surface area (Å²) in [6.07, 6.45) is 0.750. The molecule has 0 amide bonds. The number of rotatable bonds is 4. The molecule has 0 radical (unpaired) electrons. The maximum atomic E-state index is 12.5. The summed E-state index contributed by atoms with van der Waals surface area (Å²) in [5.74, 6) is -1.93. The van der Waals surface area contributed by atoms with E-state index >= 15 is 0 Å². The maximum Gasteiger partial charge on any atom is 0.349 e. The second-order valence-electron chi connectivity index (χ2n) is 4.22. The summed E-state index contributed by atoms with van der Waals surface area (Å²) < 4.78 is 30.5. The molecule has 1 aromatic heterocycles. The van der Waals surface area contributed by atoms with Crippen molar-refractivity contribution in [2.24, 2.45) is 0 Å². The first-order valence-electron chi connectivity index (χ1n) is 5.80. The Morgan fingerprint density at radius 2 is 2.20 bits per heavy atom. The molecule has 7 nitrogen and oxygen atoms in total. The topological polar surface area (TPSA) is 101 Å². The van der Waals surface area contributed by atoms with E-state index in [4.69, 9.17) is 5.11 Å². The number of methoxy groups -OCH3 is 1. The largest absolute Gasteiger partial charge is 0.480 e. The minimum absolute atomic E-state index is 0.0384. The average molecular weight is 319 g/mol. The lowest BCUT2D eigenvalue weighted by molar-refractivity contribution is -0.140. The van der Waals surface area contributed by atoms with Gasteiger partial charge in [-0.15, -0.1) is 11.3 Å². The van der Waals surface area contributed by atoms with Crippen molar-refractivity contribution < 1.29 is 27.9 Å². The van der Waals surface area contributed by atoms with Gasteiger partial charge in [0.05, 0.1) is 7.11 Å². The van der Waals surface area contributed by atoms with Gasteiger partial charge in [-0.2, -0.15) is 4.31 Å². The highest BCUT2D eigenvalue weighted by Crippen LogP contribution is 2.30. The molecule has 1 N–H and O–H groups in total. The molecule has 0 aliphatic carbocycles. The van der Waals surface area contributed by atoms with Crippen LogP contribution in [0.5, 0.6) is 0 Å². The van der Waals surface area contributed by atoms with Crippen LogP contribution in [0.2, 0.25) is 0 Å². The minimum atomic E-state index is -4.01. The normalized spacial score (nSPS) is 19.9. The van der Waals surface area contributed by atoms with E-state index < -0.39 is 28.0 Å². The van der Waals surface area contributed by atoms with Gasteiger partial charge < -0.3 is 9.84 Å². The summed E-state index contributed by atoms with van der Waals surface area (Å²) >= 11 is 0.950. The minimum Gasteiger partial charge on any atom is -0.480 e. The Labute approximate surface area is 119 Å². The number of hydrogen-bond acceptors (Lipinski definition) is 6. The van der Waals surface area contributed by atoms with Gasteiger partial charge in [-0.3, -0.25) is 4.79 Å². The number of sulfonamides is 1. The Bertz CT molecular complexity index is 635. The van der Waals surface area contributed by atoms with Crippen molar-refractivity contribution in [3.8, 4) is 0 Å². The number of carboxylic acids is 1. The van der Waals surface area contributed by atoms with E-state index in [9.17, 15) is 18.0 Å². The Morgan fingerprint density at radius 1 is 1.50 bits per heavy atom. The Hall–Kier alpha value is -1.45. The van der Waals surface area contributed by atoms with Gasteiger partial charge in [-0.25, -0.2) is 13.2 Å². The van der Waals surface area contributed by atoms with E-state index in [2.05, 4.69) is 4.74 Å². The van der Waals surface area contributed by atoms with Gasteiger partial charge in [0.15, 0.2) is 0 Å². The standard InChI is InChI=1S/C11H13NO6S2/c1-18-11(15)9-8(4-6-19-9)20(16,17)12-5-2-3-7(12)10(13)14/h4,6-7H,2-3,5H2,1H3,(H,13,14)/t7-/m1/s1. The predicted octanol–water partition coefficient (Wildman–Crippen LogP) is 0.772. The molecule has 2 heterocycles. The smallest absolute Gasteiger partial charge is 0.349 e. The third-order valence-corrected chi connectivity index (χ3v) is 6.05. The number of aliphatic carboxylic acids is 1. The fourth-order valence-electron chi connectivity index (χ4n) is 2.14. The molecule has 9 heteroatoms.